The summed E-state index contributed by atoms with van der Waals surface area (Å²) in [6.07, 6.45) is 0. The maximum Gasteiger partial charge on any atom is 0.0651 e. The summed E-state index contributed by atoms with van der Waals surface area (Å²) in [5, 5.41) is 2.32. The van der Waals surface area contributed by atoms with Crippen LogP contribution < -0.4 is 0 Å². The molecule has 0 radical (unpaired) electrons. The summed E-state index contributed by atoms with van der Waals surface area (Å²) in [6, 6.07) is 0.0900. The van der Waals surface area contributed by atoms with E-state index in [0.29, 0.717) is 54.7 Å². The molecule has 0 fully saturated rings. The molecular formula is C66H44N2. The Kier molecular flexibility index (Phi) is 4.72. The zero-order valence-corrected chi connectivity index (χ0v) is 35.0. The molecule has 0 N–H and O–H groups in total. The number of para-hydroxylation sites is 2. The normalized spacial score (nSPS) is 17.7. The van der Waals surface area contributed by atoms with Gasteiger partial charge in [0.1, 0.15) is 0 Å². The Hall–Kier alpha value is -8.98. The Labute approximate surface area is 438 Å². The third-order valence-electron chi connectivity index (χ3n) is 11.5. The minimum absolute atomic E-state index is 0.252. The van der Waals surface area contributed by atoms with E-state index in [1.807, 2.05) is 12.1 Å². The van der Waals surface area contributed by atoms with Gasteiger partial charge in [-0.3, -0.25) is 0 Å². The highest BCUT2D eigenvalue weighted by Crippen LogP contribution is 2.39. The summed E-state index contributed by atoms with van der Waals surface area (Å²) in [5.41, 5.74) is -4.22. The molecule has 0 saturated heterocycles. The van der Waals surface area contributed by atoms with Crippen LogP contribution in [0.4, 0.5) is 0 Å². The fourth-order valence-corrected chi connectivity index (χ4v) is 8.37. The van der Waals surface area contributed by atoms with Crippen molar-refractivity contribution in [2.45, 2.75) is 0 Å². The van der Waals surface area contributed by atoms with Crippen LogP contribution in [0, 0.1) is 0 Å². The Morgan fingerprint density at radius 2 is 0.588 bits per heavy atom. The average molecular weight is 895 g/mol. The van der Waals surface area contributed by atoms with E-state index in [0.717, 1.165) is 0 Å². The van der Waals surface area contributed by atoms with Crippen LogP contribution in [-0.4, -0.2) is 9.13 Å². The van der Waals surface area contributed by atoms with Crippen molar-refractivity contribution in [2.24, 2.45) is 0 Å². The van der Waals surface area contributed by atoms with Gasteiger partial charge in [0.25, 0.3) is 0 Å². The highest BCUT2D eigenvalue weighted by Gasteiger charge is 2.17. The second-order valence-corrected chi connectivity index (χ2v) is 15.4. The van der Waals surface area contributed by atoms with Crippen molar-refractivity contribution in [1.82, 2.24) is 9.13 Å². The number of hydrogen-bond acceptors (Lipinski definition) is 0. The number of benzene rings is 11. The molecule has 0 aliphatic heterocycles. The minimum atomic E-state index is -0.957. The van der Waals surface area contributed by atoms with Crippen LogP contribution >= 0.6 is 0 Å². The molecule has 0 unspecified atom stereocenters. The van der Waals surface area contributed by atoms with Crippen molar-refractivity contribution in [3.05, 3.63) is 266 Å². The van der Waals surface area contributed by atoms with Gasteiger partial charge in [0.2, 0.25) is 0 Å². The number of rotatable bonds is 8. The molecule has 0 bridgehead atoms. The summed E-state index contributed by atoms with van der Waals surface area (Å²) in [4.78, 5) is 0. The second-order valence-electron chi connectivity index (χ2n) is 15.4. The first-order chi connectivity index (χ1) is 46.2. The summed E-state index contributed by atoms with van der Waals surface area (Å²) in [7, 11) is 0. The third kappa shape index (κ3) is 6.90. The molecule has 0 spiro atoms. The molecule has 13 rings (SSSR count). The lowest BCUT2D eigenvalue weighted by atomic mass is 9.97. The first kappa shape index (κ1) is 19.5. The summed E-state index contributed by atoms with van der Waals surface area (Å²) < 4.78 is 270. The van der Waals surface area contributed by atoms with Gasteiger partial charge in [-0.15, -0.1) is 0 Å². The fraction of sp³-hybridized carbons (Fsp3) is 0. The van der Waals surface area contributed by atoms with E-state index in [9.17, 15) is 12.3 Å². The van der Waals surface area contributed by atoms with E-state index >= 15 is 0 Å². The van der Waals surface area contributed by atoms with Crippen LogP contribution in [0.15, 0.2) is 266 Å². The maximum atomic E-state index is 9.74. The van der Waals surface area contributed by atoms with Gasteiger partial charge >= 0.3 is 0 Å². The Morgan fingerprint density at radius 3 is 1.07 bits per heavy atom. The zero-order valence-electron chi connectivity index (χ0n) is 65.0. The fourth-order valence-electron chi connectivity index (χ4n) is 8.37. The predicted octanol–water partition coefficient (Wildman–Crippen LogP) is 17.9. The quantitative estimate of drug-likeness (QED) is 0.144. The van der Waals surface area contributed by atoms with E-state index in [1.165, 1.54) is 9.13 Å². The molecule has 0 amide bonds. The topological polar surface area (TPSA) is 9.86 Å². The smallest absolute Gasteiger partial charge is 0.0651 e. The lowest BCUT2D eigenvalue weighted by Crippen LogP contribution is -1.94. The van der Waals surface area contributed by atoms with Gasteiger partial charge in [0.15, 0.2) is 0 Å². The number of nitrogens with zero attached hydrogens (tertiary/aromatic N) is 2. The molecule has 68 heavy (non-hydrogen) atoms. The lowest BCUT2D eigenvalue weighted by Gasteiger charge is -2.12. The molecule has 0 aliphatic rings. The number of aromatic nitrogens is 2. The van der Waals surface area contributed by atoms with Gasteiger partial charge in [-0.1, -0.05) is 200 Å². The van der Waals surface area contributed by atoms with Gasteiger partial charge in [0.05, 0.1) is 63.2 Å². The van der Waals surface area contributed by atoms with Gasteiger partial charge in [-0.25, -0.2) is 0 Å². The minimum Gasteiger partial charge on any atom is -0.309 e. The van der Waals surface area contributed by atoms with Gasteiger partial charge in [0, 0.05) is 32.9 Å². The Morgan fingerprint density at radius 1 is 0.235 bits per heavy atom. The summed E-state index contributed by atoms with van der Waals surface area (Å²) in [5.74, 6) is 0. The van der Waals surface area contributed by atoms with Gasteiger partial charge in [-0.05, 0) is 133 Å². The molecule has 11 aromatic carbocycles. The van der Waals surface area contributed by atoms with E-state index in [4.69, 9.17) is 28.8 Å². The van der Waals surface area contributed by atoms with Crippen LogP contribution in [0.2, 0.25) is 0 Å². The monoisotopic (exact) mass is 895 g/mol. The molecule has 13 aromatic rings. The molecule has 2 heteroatoms. The molecule has 2 heterocycles. The van der Waals surface area contributed by atoms with E-state index in [1.54, 1.807) is 72.8 Å². The molecule has 0 atom stereocenters. The van der Waals surface area contributed by atoms with Crippen molar-refractivity contribution >= 4 is 43.6 Å². The highest BCUT2D eigenvalue weighted by atomic mass is 15.0. The van der Waals surface area contributed by atoms with Crippen molar-refractivity contribution in [1.29, 1.82) is 0 Å². The Balaban J connectivity index is 0.939. The van der Waals surface area contributed by atoms with Crippen LogP contribution in [0.25, 0.3) is 122 Å². The zero-order chi connectivity index (χ0) is 71.1. The maximum absolute atomic E-state index is 9.74. The summed E-state index contributed by atoms with van der Waals surface area (Å²) >= 11 is 0. The predicted molar refractivity (Wildman–Crippen MR) is 288 cm³/mol. The van der Waals surface area contributed by atoms with Crippen LogP contribution in [-0.2, 0) is 0 Å². The van der Waals surface area contributed by atoms with Gasteiger partial charge in [-0.2, -0.15) is 0 Å². The number of fused-ring (bicyclic) bond motifs is 6. The molecule has 318 valence electrons. The summed E-state index contributed by atoms with van der Waals surface area (Å²) in [6.45, 7) is 0. The van der Waals surface area contributed by atoms with Gasteiger partial charge < -0.3 is 9.13 Å². The Bertz CT molecular complexity index is 5690. The lowest BCUT2D eigenvalue weighted by molar-refractivity contribution is 1.18. The van der Waals surface area contributed by atoms with Crippen molar-refractivity contribution in [2.75, 3.05) is 0 Å². The highest BCUT2D eigenvalue weighted by molar-refractivity contribution is 6.12. The first-order valence-electron chi connectivity index (χ1n) is 36.0. The molecule has 0 saturated carbocycles. The van der Waals surface area contributed by atoms with E-state index in [2.05, 4.69) is 0 Å². The third-order valence-corrected chi connectivity index (χ3v) is 11.5. The van der Waals surface area contributed by atoms with Crippen LogP contribution in [0.3, 0.4) is 0 Å². The SMILES string of the molecule is [2H]c1c([2H])c([2H])c(-c2c([2H])c([2H])c(-c3c([2H])c([2H])c([2H])c(-c4c([2H])c([2H])c(-n5c6ccccc6c6cc(-c7ccc8c(c7)c7ccccc7n8-c7c([2H])c([2H])c([2H])c(-c8c([2H])c([2H])c(-c9c([2H])c([2H])c([2H])c([2H])c9[2H])c([2H])c8[2H])c7[2H])ccc65)c([2H])c4[2H])c3[2H])c([2H])c2[2H])c([2H])c1[2H]. The average Bonchev–Trinajstić information content (AvgIpc) is 0.904. The van der Waals surface area contributed by atoms with Crippen LogP contribution in [0.1, 0.15) is 41.1 Å². The first-order valence-corrected chi connectivity index (χ1v) is 21.0. The number of hydrogen-bond donors (Lipinski definition) is 0. The van der Waals surface area contributed by atoms with Crippen LogP contribution in [0.5, 0.6) is 0 Å². The van der Waals surface area contributed by atoms with Crippen molar-refractivity contribution in [3.63, 3.8) is 0 Å². The standard InChI is InChI=1S/C66H44N2/c1-3-13-45(14-4-1)47-25-29-49(30-26-47)52-17-11-18-53(41-52)51-33-37-57(38-34-51)67-63-23-9-7-21-59(63)61-43-55(35-39-65(61)67)56-36-40-66-62(44-56)60-22-8-10-24-64(60)68(66)58-20-12-19-54(42-58)50-31-27-48(28-32-50)46-15-5-2-6-16-46/h1-44H/i1D,2D,3D,4D,5D,6D,11D,12D,13D,14D,15D,16D,17D,18D,19D,20D,25D,26D,27D,28D,29D,30D,31D,32D,33D,34D,37D,38D,41D,42D. The van der Waals surface area contributed by atoms with Crippen molar-refractivity contribution in [3.8, 4) is 78.1 Å². The molecule has 0 aliphatic carbocycles. The van der Waals surface area contributed by atoms with Crippen molar-refractivity contribution < 1.29 is 41.1 Å². The van der Waals surface area contributed by atoms with E-state index in [-0.39, 0.29) is 11.4 Å². The molecule has 2 aromatic heterocycles. The second kappa shape index (κ2) is 16.5. The van der Waals surface area contributed by atoms with E-state index < -0.39 is 237 Å². The molecule has 2 nitrogen and oxygen atoms in total. The molecular weight excluding hydrogens is 821 g/mol. The largest absolute Gasteiger partial charge is 0.309 e.